The lowest BCUT2D eigenvalue weighted by atomic mass is 9.97. The van der Waals surface area contributed by atoms with Gasteiger partial charge in [-0.25, -0.2) is 0 Å². The lowest BCUT2D eigenvalue weighted by Gasteiger charge is -2.29. The van der Waals surface area contributed by atoms with Crippen LogP contribution in [0.3, 0.4) is 0 Å². The summed E-state index contributed by atoms with van der Waals surface area (Å²) in [5, 5.41) is 9.47. The van der Waals surface area contributed by atoms with Crippen LogP contribution in [0.1, 0.15) is 43.4 Å². The Morgan fingerprint density at radius 3 is 2.45 bits per heavy atom. The van der Waals surface area contributed by atoms with Gasteiger partial charge in [0.25, 0.3) is 0 Å². The Labute approximate surface area is 125 Å². The van der Waals surface area contributed by atoms with Gasteiger partial charge in [-0.1, -0.05) is 0 Å². The standard InChI is InChI=1S/C13H17F3N4O2/c14-13(15,16)12-19-18-11(22-12)8-3-5-20(6-4-8)7-10(21)17-9-1-2-9/h8-9H,1-7H2,(H,17,21). The first-order valence-electron chi connectivity index (χ1n) is 7.34. The van der Waals surface area contributed by atoms with E-state index in [0.29, 0.717) is 38.5 Å². The van der Waals surface area contributed by atoms with Crippen LogP contribution in [0.2, 0.25) is 0 Å². The molecule has 1 saturated carbocycles. The van der Waals surface area contributed by atoms with Gasteiger partial charge < -0.3 is 9.73 Å². The Kier molecular flexibility index (Phi) is 4.07. The molecule has 1 saturated heterocycles. The molecule has 1 aromatic heterocycles. The number of likely N-dealkylation sites (tertiary alicyclic amines) is 1. The lowest BCUT2D eigenvalue weighted by molar-refractivity contribution is -0.157. The van der Waals surface area contributed by atoms with E-state index in [1.54, 1.807) is 0 Å². The summed E-state index contributed by atoms with van der Waals surface area (Å²) in [6, 6.07) is 0.337. The molecule has 3 rings (SSSR count). The zero-order valence-electron chi connectivity index (χ0n) is 11.9. The number of alkyl halides is 3. The Hall–Kier alpha value is -1.64. The second-order valence-electron chi connectivity index (χ2n) is 5.84. The molecule has 2 fully saturated rings. The molecule has 0 bridgehead atoms. The van der Waals surface area contributed by atoms with Gasteiger partial charge >= 0.3 is 12.1 Å². The van der Waals surface area contributed by atoms with E-state index in [9.17, 15) is 18.0 Å². The number of carbonyl (C=O) groups excluding carboxylic acids is 1. The van der Waals surface area contributed by atoms with Crippen LogP contribution in [-0.4, -0.2) is 46.7 Å². The topological polar surface area (TPSA) is 71.3 Å². The Bertz CT molecular complexity index is 534. The molecular weight excluding hydrogens is 301 g/mol. The molecule has 0 spiro atoms. The van der Waals surface area contributed by atoms with E-state index in [-0.39, 0.29) is 17.7 Å². The Morgan fingerprint density at radius 1 is 1.23 bits per heavy atom. The van der Waals surface area contributed by atoms with Crippen LogP contribution in [0.5, 0.6) is 0 Å². The summed E-state index contributed by atoms with van der Waals surface area (Å²) in [4.78, 5) is 13.7. The monoisotopic (exact) mass is 318 g/mol. The second kappa shape index (κ2) is 5.86. The average molecular weight is 318 g/mol. The minimum absolute atomic E-state index is 0.0121. The largest absolute Gasteiger partial charge is 0.470 e. The van der Waals surface area contributed by atoms with Crippen molar-refractivity contribution in [2.45, 2.75) is 43.8 Å². The summed E-state index contributed by atoms with van der Waals surface area (Å²) < 4.78 is 42.0. The van der Waals surface area contributed by atoms with Gasteiger partial charge in [0.15, 0.2) is 0 Å². The number of aromatic nitrogens is 2. The normalized spacial score (nSPS) is 21.0. The number of halogens is 3. The molecule has 2 aliphatic rings. The van der Waals surface area contributed by atoms with E-state index < -0.39 is 12.1 Å². The van der Waals surface area contributed by atoms with Crippen LogP contribution in [0.25, 0.3) is 0 Å². The summed E-state index contributed by atoms with van der Waals surface area (Å²) in [6.07, 6.45) is -1.29. The van der Waals surface area contributed by atoms with Crippen LogP contribution in [-0.2, 0) is 11.0 Å². The van der Waals surface area contributed by atoms with Gasteiger partial charge in [0.1, 0.15) is 0 Å². The molecule has 0 atom stereocenters. The minimum atomic E-state index is -4.60. The first kappa shape index (κ1) is 15.3. The quantitative estimate of drug-likeness (QED) is 0.912. The summed E-state index contributed by atoms with van der Waals surface area (Å²) in [7, 11) is 0. The van der Waals surface area contributed by atoms with Gasteiger partial charge in [-0.2, -0.15) is 13.2 Å². The van der Waals surface area contributed by atoms with Crippen molar-refractivity contribution in [3.8, 4) is 0 Å². The van der Waals surface area contributed by atoms with E-state index in [1.807, 2.05) is 4.90 Å². The van der Waals surface area contributed by atoms with Gasteiger partial charge in [0.05, 0.1) is 6.54 Å². The van der Waals surface area contributed by atoms with Crippen LogP contribution in [0, 0.1) is 0 Å². The highest BCUT2D eigenvalue weighted by Crippen LogP contribution is 2.32. The zero-order chi connectivity index (χ0) is 15.7. The smallest absolute Gasteiger partial charge is 0.417 e. The second-order valence-corrected chi connectivity index (χ2v) is 5.84. The lowest BCUT2D eigenvalue weighted by Crippen LogP contribution is -2.41. The van der Waals surface area contributed by atoms with Crippen LogP contribution in [0.4, 0.5) is 13.2 Å². The number of hydrogen-bond donors (Lipinski definition) is 1. The number of carbonyl (C=O) groups is 1. The Balaban J connectivity index is 1.48. The minimum Gasteiger partial charge on any atom is -0.417 e. The van der Waals surface area contributed by atoms with Gasteiger partial charge in [0.2, 0.25) is 11.8 Å². The van der Waals surface area contributed by atoms with Gasteiger partial charge in [-0.15, -0.1) is 10.2 Å². The maximum Gasteiger partial charge on any atom is 0.470 e. The number of rotatable bonds is 4. The van der Waals surface area contributed by atoms with Crippen LogP contribution < -0.4 is 5.32 Å². The molecule has 9 heteroatoms. The highest BCUT2D eigenvalue weighted by Gasteiger charge is 2.39. The fourth-order valence-corrected chi connectivity index (χ4v) is 2.56. The van der Waals surface area contributed by atoms with Crippen molar-refractivity contribution < 1.29 is 22.4 Å². The third kappa shape index (κ3) is 3.76. The van der Waals surface area contributed by atoms with Crippen molar-refractivity contribution in [2.24, 2.45) is 0 Å². The number of nitrogens with one attached hydrogen (secondary N) is 1. The van der Waals surface area contributed by atoms with Gasteiger partial charge in [-0.3, -0.25) is 9.69 Å². The highest BCUT2D eigenvalue weighted by molar-refractivity contribution is 5.78. The predicted octanol–water partition coefficient (Wildman–Crippen LogP) is 1.55. The molecule has 1 aliphatic carbocycles. The Morgan fingerprint density at radius 2 is 1.91 bits per heavy atom. The molecule has 1 N–H and O–H groups in total. The molecule has 1 amide bonds. The molecule has 1 aliphatic heterocycles. The van der Waals surface area contributed by atoms with Crippen molar-refractivity contribution in [2.75, 3.05) is 19.6 Å². The summed E-state index contributed by atoms with van der Waals surface area (Å²) >= 11 is 0. The van der Waals surface area contributed by atoms with Crippen molar-refractivity contribution in [3.05, 3.63) is 11.8 Å². The predicted molar refractivity (Wildman–Crippen MR) is 68.9 cm³/mol. The molecule has 1 aromatic rings. The molecular formula is C13H17F3N4O2. The van der Waals surface area contributed by atoms with E-state index in [1.165, 1.54) is 0 Å². The molecule has 0 unspecified atom stereocenters. The van der Waals surface area contributed by atoms with Crippen molar-refractivity contribution in [1.82, 2.24) is 20.4 Å². The van der Waals surface area contributed by atoms with Gasteiger partial charge in [-0.05, 0) is 38.8 Å². The average Bonchev–Trinajstić information content (AvgIpc) is 3.10. The fraction of sp³-hybridized carbons (Fsp3) is 0.769. The highest BCUT2D eigenvalue weighted by atomic mass is 19.4. The van der Waals surface area contributed by atoms with E-state index in [4.69, 9.17) is 4.42 Å². The first-order valence-corrected chi connectivity index (χ1v) is 7.34. The van der Waals surface area contributed by atoms with Crippen molar-refractivity contribution in [1.29, 1.82) is 0 Å². The van der Waals surface area contributed by atoms with E-state index >= 15 is 0 Å². The number of hydrogen-bond acceptors (Lipinski definition) is 5. The third-order valence-electron chi connectivity index (χ3n) is 3.93. The fourth-order valence-electron chi connectivity index (χ4n) is 2.56. The third-order valence-corrected chi connectivity index (χ3v) is 3.93. The first-order chi connectivity index (χ1) is 10.4. The zero-order valence-corrected chi connectivity index (χ0v) is 11.9. The molecule has 2 heterocycles. The number of amides is 1. The summed E-state index contributed by atoms with van der Waals surface area (Å²) in [5.41, 5.74) is 0. The number of nitrogens with zero attached hydrogens (tertiary/aromatic N) is 3. The molecule has 122 valence electrons. The maximum absolute atomic E-state index is 12.4. The van der Waals surface area contributed by atoms with E-state index in [2.05, 4.69) is 15.5 Å². The molecule has 0 radical (unpaired) electrons. The molecule has 6 nitrogen and oxygen atoms in total. The van der Waals surface area contributed by atoms with Gasteiger partial charge in [0, 0.05) is 12.0 Å². The van der Waals surface area contributed by atoms with Crippen molar-refractivity contribution in [3.63, 3.8) is 0 Å². The number of piperidine rings is 1. The summed E-state index contributed by atoms with van der Waals surface area (Å²) in [6.45, 7) is 1.60. The SMILES string of the molecule is O=C(CN1CCC(c2nnc(C(F)(F)F)o2)CC1)NC1CC1. The van der Waals surface area contributed by atoms with Crippen LogP contribution in [0.15, 0.2) is 4.42 Å². The molecule has 0 aromatic carbocycles. The van der Waals surface area contributed by atoms with Crippen molar-refractivity contribution >= 4 is 5.91 Å². The van der Waals surface area contributed by atoms with Crippen LogP contribution >= 0.6 is 0 Å². The summed E-state index contributed by atoms with van der Waals surface area (Å²) in [5.74, 6) is -1.42. The molecule has 22 heavy (non-hydrogen) atoms. The maximum atomic E-state index is 12.4. The van der Waals surface area contributed by atoms with E-state index in [0.717, 1.165) is 12.8 Å².